The lowest BCUT2D eigenvalue weighted by Crippen LogP contribution is -2.30. The average molecular weight is 469 g/mol. The molecule has 0 saturated carbocycles. The van der Waals surface area contributed by atoms with E-state index in [2.05, 4.69) is 10.6 Å². The quantitative estimate of drug-likeness (QED) is 0.165. The molecule has 0 aliphatic carbocycles. The van der Waals surface area contributed by atoms with Gasteiger partial charge < -0.3 is 25.7 Å². The van der Waals surface area contributed by atoms with Gasteiger partial charge in [0.1, 0.15) is 11.7 Å². The SMILES string of the molecule is CN(C)Cc1cc(NC(CCCCNC(=O)CCC(=O)O)C(=O)O)c([N+](=O)[O-])cc1[N+](=O)[O-]. The summed E-state index contributed by atoms with van der Waals surface area (Å²) in [5, 5.41) is 46.0. The van der Waals surface area contributed by atoms with Crippen LogP contribution in [0.2, 0.25) is 0 Å². The molecule has 0 heterocycles. The summed E-state index contributed by atoms with van der Waals surface area (Å²) in [6, 6.07) is 0.821. The zero-order chi connectivity index (χ0) is 25.1. The average Bonchev–Trinajstić information content (AvgIpc) is 2.70. The van der Waals surface area contributed by atoms with Crippen molar-refractivity contribution in [2.45, 2.75) is 44.7 Å². The number of carbonyl (C=O) groups is 3. The van der Waals surface area contributed by atoms with Gasteiger partial charge in [-0.3, -0.25) is 29.8 Å². The smallest absolute Gasteiger partial charge is 0.326 e. The molecule has 1 unspecified atom stereocenters. The molecule has 0 aromatic heterocycles. The lowest BCUT2D eigenvalue weighted by Gasteiger charge is -2.17. The van der Waals surface area contributed by atoms with E-state index in [1.54, 1.807) is 19.0 Å². The number of aliphatic carboxylic acids is 2. The van der Waals surface area contributed by atoms with Crippen molar-refractivity contribution in [1.82, 2.24) is 10.2 Å². The first kappa shape index (κ1) is 27.2. The van der Waals surface area contributed by atoms with Crippen LogP contribution in [0, 0.1) is 20.2 Å². The third-order valence-electron chi connectivity index (χ3n) is 4.51. The number of carboxylic acids is 2. The van der Waals surface area contributed by atoms with Crippen LogP contribution in [0.15, 0.2) is 12.1 Å². The highest BCUT2D eigenvalue weighted by molar-refractivity contribution is 5.81. The van der Waals surface area contributed by atoms with Gasteiger partial charge in [0, 0.05) is 25.1 Å². The number of unbranched alkanes of at least 4 members (excludes halogenated alkanes) is 1. The van der Waals surface area contributed by atoms with Crippen LogP contribution in [0.25, 0.3) is 0 Å². The van der Waals surface area contributed by atoms with Crippen LogP contribution in [-0.4, -0.2) is 69.5 Å². The number of carboxylic acid groups (broad SMARTS) is 2. The highest BCUT2D eigenvalue weighted by atomic mass is 16.6. The summed E-state index contributed by atoms with van der Waals surface area (Å²) in [5.41, 5.74) is -1.00. The van der Waals surface area contributed by atoms with E-state index in [4.69, 9.17) is 5.11 Å². The Hall–Kier alpha value is -3.81. The number of carbonyl (C=O) groups excluding carboxylic acids is 1. The molecule has 1 atom stereocenters. The van der Waals surface area contributed by atoms with E-state index in [1.165, 1.54) is 6.07 Å². The molecular formula is C19H27N5O9. The molecule has 0 spiro atoms. The fourth-order valence-corrected chi connectivity index (χ4v) is 2.98. The monoisotopic (exact) mass is 469 g/mol. The van der Waals surface area contributed by atoms with Gasteiger partial charge in [0.25, 0.3) is 11.4 Å². The topological polar surface area (TPSA) is 205 Å². The Bertz CT molecular complexity index is 904. The minimum absolute atomic E-state index is 0.0669. The summed E-state index contributed by atoms with van der Waals surface area (Å²) in [6.07, 6.45) is 0.360. The van der Waals surface area contributed by atoms with Gasteiger partial charge in [-0.1, -0.05) is 0 Å². The van der Waals surface area contributed by atoms with E-state index < -0.39 is 45.1 Å². The van der Waals surface area contributed by atoms with Crippen molar-refractivity contribution >= 4 is 34.9 Å². The molecule has 0 saturated heterocycles. The summed E-state index contributed by atoms with van der Waals surface area (Å²) in [4.78, 5) is 56.5. The normalized spacial score (nSPS) is 11.6. The van der Waals surface area contributed by atoms with E-state index in [0.717, 1.165) is 6.07 Å². The maximum absolute atomic E-state index is 11.7. The fraction of sp³-hybridized carbons (Fsp3) is 0.526. The van der Waals surface area contributed by atoms with Crippen molar-refractivity contribution in [2.75, 3.05) is 26.0 Å². The minimum Gasteiger partial charge on any atom is -0.481 e. The summed E-state index contributed by atoms with van der Waals surface area (Å²) in [7, 11) is 3.33. The molecular weight excluding hydrogens is 442 g/mol. The number of amides is 1. The number of rotatable bonds is 15. The predicted octanol–water partition coefficient (Wildman–Crippen LogP) is 1.58. The van der Waals surface area contributed by atoms with Crippen LogP contribution in [0.1, 0.15) is 37.7 Å². The van der Waals surface area contributed by atoms with Gasteiger partial charge in [-0.2, -0.15) is 0 Å². The van der Waals surface area contributed by atoms with E-state index >= 15 is 0 Å². The Morgan fingerprint density at radius 2 is 1.67 bits per heavy atom. The second kappa shape index (κ2) is 12.9. The van der Waals surface area contributed by atoms with Gasteiger partial charge in [-0.05, 0) is 39.4 Å². The standard InChI is InChI=1S/C19H27N5O9/c1-22(2)11-12-9-14(16(24(32)33)10-15(12)23(30)31)21-13(19(28)29)5-3-4-8-20-17(25)6-7-18(26)27/h9-10,13,21H,3-8,11H2,1-2H3,(H,20,25)(H,26,27)(H,28,29). The first-order chi connectivity index (χ1) is 15.4. The Labute approximate surface area is 188 Å². The zero-order valence-electron chi connectivity index (χ0n) is 18.3. The van der Waals surface area contributed by atoms with Crippen molar-refractivity contribution in [3.8, 4) is 0 Å². The molecule has 0 radical (unpaired) electrons. The third kappa shape index (κ3) is 9.47. The van der Waals surface area contributed by atoms with Crippen LogP contribution in [0.3, 0.4) is 0 Å². The van der Waals surface area contributed by atoms with Crippen molar-refractivity contribution in [3.63, 3.8) is 0 Å². The van der Waals surface area contributed by atoms with Crippen LogP contribution in [-0.2, 0) is 20.9 Å². The number of nitro groups is 2. The predicted molar refractivity (Wildman–Crippen MR) is 116 cm³/mol. The molecule has 0 aliphatic rings. The molecule has 1 rings (SSSR count). The molecule has 1 aromatic carbocycles. The van der Waals surface area contributed by atoms with Crippen molar-refractivity contribution in [2.24, 2.45) is 0 Å². The number of benzene rings is 1. The number of nitrogens with one attached hydrogen (secondary N) is 2. The lowest BCUT2D eigenvalue weighted by molar-refractivity contribution is -0.394. The van der Waals surface area contributed by atoms with Crippen molar-refractivity contribution in [3.05, 3.63) is 37.9 Å². The Morgan fingerprint density at radius 3 is 2.18 bits per heavy atom. The molecule has 0 aliphatic heterocycles. The Kier molecular flexibility index (Phi) is 10.6. The van der Waals surface area contributed by atoms with Gasteiger partial charge in [0.2, 0.25) is 5.91 Å². The molecule has 1 aromatic rings. The minimum atomic E-state index is -1.26. The zero-order valence-corrected chi connectivity index (χ0v) is 18.3. The molecule has 182 valence electrons. The van der Waals surface area contributed by atoms with Gasteiger partial charge in [0.15, 0.2) is 0 Å². The number of nitro benzene ring substituents is 2. The second-order valence-electron chi connectivity index (χ2n) is 7.52. The molecule has 1 amide bonds. The Morgan fingerprint density at radius 1 is 1.03 bits per heavy atom. The highest BCUT2D eigenvalue weighted by Crippen LogP contribution is 2.34. The number of anilines is 1. The van der Waals surface area contributed by atoms with E-state index in [9.17, 15) is 39.7 Å². The van der Waals surface area contributed by atoms with Crippen LogP contribution >= 0.6 is 0 Å². The summed E-state index contributed by atoms with van der Waals surface area (Å²) >= 11 is 0. The first-order valence-electron chi connectivity index (χ1n) is 10.0. The molecule has 33 heavy (non-hydrogen) atoms. The second-order valence-corrected chi connectivity index (χ2v) is 7.52. The molecule has 14 heteroatoms. The first-order valence-corrected chi connectivity index (χ1v) is 10.0. The van der Waals surface area contributed by atoms with Crippen LogP contribution in [0.5, 0.6) is 0 Å². The maximum atomic E-state index is 11.7. The summed E-state index contributed by atoms with van der Waals surface area (Å²) in [6.45, 7) is 0.331. The van der Waals surface area contributed by atoms with Crippen molar-refractivity contribution in [1.29, 1.82) is 0 Å². The van der Waals surface area contributed by atoms with Crippen LogP contribution in [0.4, 0.5) is 17.1 Å². The van der Waals surface area contributed by atoms with Gasteiger partial charge in [-0.25, -0.2) is 4.79 Å². The van der Waals surface area contributed by atoms with E-state index in [0.29, 0.717) is 12.8 Å². The highest BCUT2D eigenvalue weighted by Gasteiger charge is 2.27. The molecule has 0 bridgehead atoms. The maximum Gasteiger partial charge on any atom is 0.326 e. The van der Waals surface area contributed by atoms with Crippen LogP contribution < -0.4 is 10.6 Å². The van der Waals surface area contributed by atoms with Gasteiger partial charge in [0.05, 0.1) is 22.3 Å². The molecule has 0 fully saturated rings. The van der Waals surface area contributed by atoms with Crippen molar-refractivity contribution < 1.29 is 34.4 Å². The largest absolute Gasteiger partial charge is 0.481 e. The molecule has 14 nitrogen and oxygen atoms in total. The summed E-state index contributed by atoms with van der Waals surface area (Å²) < 4.78 is 0. The van der Waals surface area contributed by atoms with Gasteiger partial charge >= 0.3 is 11.9 Å². The summed E-state index contributed by atoms with van der Waals surface area (Å²) in [5.74, 6) is -2.78. The number of hydrogen-bond donors (Lipinski definition) is 4. The third-order valence-corrected chi connectivity index (χ3v) is 4.51. The van der Waals surface area contributed by atoms with Gasteiger partial charge in [-0.15, -0.1) is 0 Å². The Balaban J connectivity index is 2.88. The van der Waals surface area contributed by atoms with E-state index in [-0.39, 0.29) is 43.6 Å². The number of nitrogens with zero attached hydrogens (tertiary/aromatic N) is 3. The molecule has 4 N–H and O–H groups in total. The fourth-order valence-electron chi connectivity index (χ4n) is 2.98. The lowest BCUT2D eigenvalue weighted by atomic mass is 10.1. The number of hydrogen-bond acceptors (Lipinski definition) is 9. The van der Waals surface area contributed by atoms with E-state index in [1.807, 2.05) is 0 Å².